The number of aromatic nitrogens is 4. The van der Waals surface area contributed by atoms with Crippen LogP contribution in [0.2, 0.25) is 0 Å². The number of anilines is 1. The second-order valence-corrected chi connectivity index (χ2v) is 5.83. The van der Waals surface area contributed by atoms with Crippen molar-refractivity contribution in [2.24, 2.45) is 5.92 Å². The average Bonchev–Trinajstić information content (AvgIpc) is 3.05. The van der Waals surface area contributed by atoms with E-state index in [1.54, 1.807) is 12.5 Å². The Labute approximate surface area is 134 Å². The van der Waals surface area contributed by atoms with Crippen LogP contribution < -0.4 is 5.32 Å². The largest absolute Gasteiger partial charge is 0.381 e. The van der Waals surface area contributed by atoms with E-state index in [9.17, 15) is 0 Å². The SMILES string of the molecule is c1cnc2[nH]cc(-c3cc(NCC4CCOCC4)ncn3)c2c1. The first-order valence-corrected chi connectivity index (χ1v) is 7.96. The molecular weight excluding hydrogens is 290 g/mol. The van der Waals surface area contributed by atoms with Gasteiger partial charge >= 0.3 is 0 Å². The fraction of sp³-hybridized carbons (Fsp3) is 0.353. The molecule has 0 saturated carbocycles. The molecule has 0 spiro atoms. The Morgan fingerprint density at radius 3 is 3.04 bits per heavy atom. The molecule has 2 N–H and O–H groups in total. The third-order valence-corrected chi connectivity index (χ3v) is 4.31. The number of fused-ring (bicyclic) bond motifs is 1. The average molecular weight is 309 g/mol. The van der Waals surface area contributed by atoms with Gasteiger partial charge in [0, 0.05) is 49.2 Å². The maximum absolute atomic E-state index is 5.40. The Hall–Kier alpha value is -2.47. The molecule has 0 atom stereocenters. The molecule has 118 valence electrons. The lowest BCUT2D eigenvalue weighted by Gasteiger charge is -2.22. The molecule has 23 heavy (non-hydrogen) atoms. The maximum atomic E-state index is 5.40. The van der Waals surface area contributed by atoms with E-state index in [-0.39, 0.29) is 0 Å². The smallest absolute Gasteiger partial charge is 0.137 e. The number of pyridine rings is 1. The van der Waals surface area contributed by atoms with Crippen molar-refractivity contribution in [2.45, 2.75) is 12.8 Å². The number of hydrogen-bond donors (Lipinski definition) is 2. The van der Waals surface area contributed by atoms with Gasteiger partial charge in [0.15, 0.2) is 0 Å². The van der Waals surface area contributed by atoms with Gasteiger partial charge in [-0.1, -0.05) is 0 Å². The number of hydrogen-bond acceptors (Lipinski definition) is 5. The predicted octanol–water partition coefficient (Wildman–Crippen LogP) is 2.86. The summed E-state index contributed by atoms with van der Waals surface area (Å²) in [5.41, 5.74) is 2.82. The van der Waals surface area contributed by atoms with Gasteiger partial charge in [-0.25, -0.2) is 15.0 Å². The number of H-pyrrole nitrogens is 1. The summed E-state index contributed by atoms with van der Waals surface area (Å²) in [6, 6.07) is 5.98. The fourth-order valence-corrected chi connectivity index (χ4v) is 2.97. The molecule has 0 radical (unpaired) electrons. The third kappa shape index (κ3) is 3.03. The number of nitrogens with zero attached hydrogens (tertiary/aromatic N) is 3. The molecule has 0 amide bonds. The quantitative estimate of drug-likeness (QED) is 0.775. The first-order chi connectivity index (χ1) is 11.4. The van der Waals surface area contributed by atoms with Crippen LogP contribution in [0, 0.1) is 5.92 Å². The highest BCUT2D eigenvalue weighted by atomic mass is 16.5. The highest BCUT2D eigenvalue weighted by Crippen LogP contribution is 2.26. The molecule has 1 aliphatic rings. The molecule has 6 heteroatoms. The van der Waals surface area contributed by atoms with E-state index in [2.05, 4.69) is 25.3 Å². The molecule has 3 aromatic heterocycles. The van der Waals surface area contributed by atoms with Crippen LogP contribution in [0.25, 0.3) is 22.3 Å². The van der Waals surface area contributed by atoms with Crippen molar-refractivity contribution >= 4 is 16.9 Å². The molecule has 0 aromatic carbocycles. The molecule has 0 unspecified atom stereocenters. The van der Waals surface area contributed by atoms with Gasteiger partial charge in [-0.2, -0.15) is 0 Å². The standard InChI is InChI=1S/C17H19N5O/c1-2-13-14(10-20-17(13)18-5-1)15-8-16(22-11-21-15)19-9-12-3-6-23-7-4-12/h1-2,5,8,10-12H,3-4,6-7,9H2,(H,18,20)(H,19,21,22). The minimum atomic E-state index is 0.652. The van der Waals surface area contributed by atoms with Crippen molar-refractivity contribution in [1.29, 1.82) is 0 Å². The van der Waals surface area contributed by atoms with Gasteiger partial charge in [0.1, 0.15) is 17.8 Å². The van der Waals surface area contributed by atoms with Crippen LogP contribution in [0.5, 0.6) is 0 Å². The van der Waals surface area contributed by atoms with E-state index < -0.39 is 0 Å². The van der Waals surface area contributed by atoms with E-state index in [1.165, 1.54) is 0 Å². The van der Waals surface area contributed by atoms with Crippen LogP contribution in [0.4, 0.5) is 5.82 Å². The summed E-state index contributed by atoms with van der Waals surface area (Å²) in [7, 11) is 0. The zero-order chi connectivity index (χ0) is 15.5. The predicted molar refractivity (Wildman–Crippen MR) is 89.2 cm³/mol. The zero-order valence-electron chi connectivity index (χ0n) is 12.8. The van der Waals surface area contributed by atoms with Crippen LogP contribution in [0.15, 0.2) is 36.9 Å². The van der Waals surface area contributed by atoms with E-state index in [0.29, 0.717) is 5.92 Å². The fourth-order valence-electron chi connectivity index (χ4n) is 2.97. The van der Waals surface area contributed by atoms with Crippen molar-refractivity contribution in [2.75, 3.05) is 25.1 Å². The van der Waals surface area contributed by atoms with Gasteiger partial charge in [-0.15, -0.1) is 0 Å². The molecular formula is C17H19N5O. The molecule has 0 bridgehead atoms. The lowest BCUT2D eigenvalue weighted by molar-refractivity contribution is 0.0699. The summed E-state index contributed by atoms with van der Waals surface area (Å²) in [6.07, 6.45) is 7.56. The Morgan fingerprint density at radius 2 is 2.13 bits per heavy atom. The monoisotopic (exact) mass is 309 g/mol. The Balaban J connectivity index is 1.54. The van der Waals surface area contributed by atoms with Gasteiger partial charge in [0.2, 0.25) is 0 Å². The normalized spacial score (nSPS) is 15.8. The number of ether oxygens (including phenoxy) is 1. The third-order valence-electron chi connectivity index (χ3n) is 4.31. The molecule has 4 heterocycles. The molecule has 6 nitrogen and oxygen atoms in total. The summed E-state index contributed by atoms with van der Waals surface area (Å²) >= 11 is 0. The Morgan fingerprint density at radius 1 is 1.22 bits per heavy atom. The minimum Gasteiger partial charge on any atom is -0.381 e. The van der Waals surface area contributed by atoms with Crippen molar-refractivity contribution in [3.05, 3.63) is 36.9 Å². The number of nitrogens with one attached hydrogen (secondary N) is 2. The van der Waals surface area contributed by atoms with Crippen LogP contribution in [0.3, 0.4) is 0 Å². The molecule has 3 aromatic rings. The number of aromatic amines is 1. The molecule has 1 saturated heterocycles. The van der Waals surface area contributed by atoms with Crippen molar-refractivity contribution in [3.8, 4) is 11.3 Å². The van der Waals surface area contributed by atoms with E-state index in [1.807, 2.05) is 24.4 Å². The molecule has 0 aliphatic carbocycles. The van der Waals surface area contributed by atoms with Gasteiger partial charge in [0.05, 0.1) is 5.69 Å². The van der Waals surface area contributed by atoms with E-state index in [4.69, 9.17) is 4.74 Å². The van der Waals surface area contributed by atoms with E-state index >= 15 is 0 Å². The van der Waals surface area contributed by atoms with Gasteiger partial charge in [-0.05, 0) is 30.9 Å². The second-order valence-electron chi connectivity index (χ2n) is 5.83. The molecule has 4 rings (SSSR count). The van der Waals surface area contributed by atoms with Crippen molar-refractivity contribution < 1.29 is 4.74 Å². The maximum Gasteiger partial charge on any atom is 0.137 e. The number of rotatable bonds is 4. The van der Waals surface area contributed by atoms with Crippen LogP contribution in [-0.4, -0.2) is 39.7 Å². The van der Waals surface area contributed by atoms with Crippen molar-refractivity contribution in [1.82, 2.24) is 19.9 Å². The highest BCUT2D eigenvalue weighted by Gasteiger charge is 2.14. The summed E-state index contributed by atoms with van der Waals surface area (Å²) < 4.78 is 5.40. The van der Waals surface area contributed by atoms with Crippen LogP contribution >= 0.6 is 0 Å². The van der Waals surface area contributed by atoms with Crippen LogP contribution in [-0.2, 0) is 4.74 Å². The van der Waals surface area contributed by atoms with Gasteiger partial charge in [-0.3, -0.25) is 0 Å². The van der Waals surface area contributed by atoms with Crippen LogP contribution in [0.1, 0.15) is 12.8 Å². The van der Waals surface area contributed by atoms with Gasteiger partial charge in [0.25, 0.3) is 0 Å². The molecule has 1 fully saturated rings. The summed E-state index contributed by atoms with van der Waals surface area (Å²) in [5, 5.41) is 4.50. The second kappa shape index (κ2) is 6.34. The van der Waals surface area contributed by atoms with E-state index in [0.717, 1.165) is 60.7 Å². The summed E-state index contributed by atoms with van der Waals surface area (Å²) in [6.45, 7) is 2.66. The van der Waals surface area contributed by atoms with Gasteiger partial charge < -0.3 is 15.0 Å². The first kappa shape index (κ1) is 14.1. The minimum absolute atomic E-state index is 0.652. The first-order valence-electron chi connectivity index (χ1n) is 7.96. The Kier molecular flexibility index (Phi) is 3.90. The zero-order valence-corrected chi connectivity index (χ0v) is 12.8. The lowest BCUT2D eigenvalue weighted by Crippen LogP contribution is -2.22. The Bertz CT molecular complexity index is 794. The topological polar surface area (TPSA) is 75.7 Å². The lowest BCUT2D eigenvalue weighted by atomic mass is 10.0. The van der Waals surface area contributed by atoms with Crippen molar-refractivity contribution in [3.63, 3.8) is 0 Å². The molecule has 1 aliphatic heterocycles. The summed E-state index contributed by atoms with van der Waals surface area (Å²) in [5.74, 6) is 1.51. The summed E-state index contributed by atoms with van der Waals surface area (Å²) in [4.78, 5) is 16.2. The highest BCUT2D eigenvalue weighted by molar-refractivity contribution is 5.92.